The highest BCUT2D eigenvalue weighted by molar-refractivity contribution is 7.90. The number of methoxy groups -OCH3 is 1. The van der Waals surface area contributed by atoms with Crippen LogP contribution in [0.2, 0.25) is 0 Å². The van der Waals surface area contributed by atoms with Crippen LogP contribution in [0.3, 0.4) is 0 Å². The first-order valence-electron chi connectivity index (χ1n) is 14.2. The van der Waals surface area contributed by atoms with E-state index in [1.807, 2.05) is 12.1 Å². The molecule has 2 aliphatic heterocycles. The number of benzene rings is 2. The molecule has 1 amide bonds. The maximum Gasteiger partial charge on any atom is 0.490 e. The Kier molecular flexibility index (Phi) is 8.97. The van der Waals surface area contributed by atoms with Crippen LogP contribution >= 0.6 is 0 Å². The molecule has 0 bridgehead atoms. The number of carboxylic acid groups (broad SMARTS) is 1. The SMILES string of the molecule is COc1ccc(-n2nc(S(C)(=O)=O)c3c2C(=O)N(c2ccc(C4(CN5CCOCC5)CC4)cc2)CC3)cc1.O=C(O)C(F)(F)F. The van der Waals surface area contributed by atoms with Crippen molar-refractivity contribution >= 4 is 27.4 Å². The first-order chi connectivity index (χ1) is 21.2. The maximum absolute atomic E-state index is 13.9. The summed E-state index contributed by atoms with van der Waals surface area (Å²) in [6.07, 6.45) is -1.20. The maximum atomic E-state index is 13.9. The standard InChI is InChI=1S/C28H32N4O5S.C2HF3O2/c1-36-23-9-7-22(8-10-23)32-25-24(26(29-32)38(2,34)35)11-14-31(27(25)33)21-5-3-20(4-6-21)28(12-13-28)19-30-15-17-37-18-16-30;3-2(4,5)1(6)7/h3-10H,11-19H2,1-2H3;(H,6,7). The highest BCUT2D eigenvalue weighted by Crippen LogP contribution is 2.49. The summed E-state index contributed by atoms with van der Waals surface area (Å²) in [6.45, 7) is 4.96. The lowest BCUT2D eigenvalue weighted by Gasteiger charge is -2.31. The van der Waals surface area contributed by atoms with Crippen LogP contribution in [-0.2, 0) is 31.2 Å². The average Bonchev–Trinajstić information content (AvgIpc) is 3.67. The fourth-order valence-electron chi connectivity index (χ4n) is 5.65. The number of alkyl halides is 3. The lowest BCUT2D eigenvalue weighted by molar-refractivity contribution is -0.192. The van der Waals surface area contributed by atoms with E-state index in [0.717, 1.165) is 44.8 Å². The van der Waals surface area contributed by atoms with Gasteiger partial charge in [-0.05, 0) is 61.2 Å². The number of carboxylic acids is 1. The van der Waals surface area contributed by atoms with Crippen LogP contribution in [0.5, 0.6) is 5.75 Å². The van der Waals surface area contributed by atoms with Crippen molar-refractivity contribution in [3.63, 3.8) is 0 Å². The van der Waals surface area contributed by atoms with Crippen molar-refractivity contribution in [1.82, 2.24) is 14.7 Å². The van der Waals surface area contributed by atoms with Crippen molar-refractivity contribution in [3.8, 4) is 11.4 Å². The normalized spacial score (nSPS) is 18.1. The van der Waals surface area contributed by atoms with Crippen LogP contribution in [0, 0.1) is 0 Å². The number of hydrogen-bond acceptors (Lipinski definition) is 8. The molecular formula is C30H33F3N4O7S. The second-order valence-electron chi connectivity index (χ2n) is 11.2. The third kappa shape index (κ3) is 6.99. The largest absolute Gasteiger partial charge is 0.497 e. The molecule has 0 radical (unpaired) electrons. The molecule has 1 N–H and O–H groups in total. The van der Waals surface area contributed by atoms with Gasteiger partial charge in [-0.3, -0.25) is 9.69 Å². The number of sulfone groups is 1. The van der Waals surface area contributed by atoms with E-state index in [-0.39, 0.29) is 22.0 Å². The molecule has 6 rings (SSSR count). The number of halogens is 3. The Morgan fingerprint density at radius 1 is 1.02 bits per heavy atom. The Morgan fingerprint density at radius 2 is 1.60 bits per heavy atom. The zero-order chi connectivity index (χ0) is 32.6. The number of hydrogen-bond donors (Lipinski definition) is 1. The van der Waals surface area contributed by atoms with E-state index in [9.17, 15) is 26.4 Å². The molecule has 3 aromatic rings. The van der Waals surface area contributed by atoms with Crippen molar-refractivity contribution in [1.29, 1.82) is 0 Å². The molecule has 1 aromatic heterocycles. The Labute approximate surface area is 258 Å². The second-order valence-corrected chi connectivity index (χ2v) is 13.2. The highest BCUT2D eigenvalue weighted by atomic mass is 32.2. The molecule has 1 saturated carbocycles. The van der Waals surface area contributed by atoms with Gasteiger partial charge >= 0.3 is 12.1 Å². The molecular weight excluding hydrogens is 617 g/mol. The van der Waals surface area contributed by atoms with E-state index in [0.29, 0.717) is 30.0 Å². The van der Waals surface area contributed by atoms with Gasteiger partial charge in [-0.2, -0.15) is 18.3 Å². The monoisotopic (exact) mass is 650 g/mol. The van der Waals surface area contributed by atoms with Crippen molar-refractivity contribution < 1.29 is 45.8 Å². The van der Waals surface area contributed by atoms with E-state index in [4.69, 9.17) is 19.4 Å². The zero-order valence-electron chi connectivity index (χ0n) is 24.7. The molecule has 2 aromatic carbocycles. The number of carbonyl (C=O) groups is 2. The quantitative estimate of drug-likeness (QED) is 0.408. The number of aromatic nitrogens is 2. The van der Waals surface area contributed by atoms with Crippen LogP contribution in [0.25, 0.3) is 5.69 Å². The fraction of sp³-hybridized carbons (Fsp3) is 0.433. The van der Waals surface area contributed by atoms with Crippen LogP contribution in [0.1, 0.15) is 34.5 Å². The predicted molar refractivity (Wildman–Crippen MR) is 157 cm³/mol. The summed E-state index contributed by atoms with van der Waals surface area (Å²) in [5.74, 6) is -2.35. The van der Waals surface area contributed by atoms with Gasteiger partial charge in [-0.15, -0.1) is 0 Å². The zero-order valence-corrected chi connectivity index (χ0v) is 25.5. The van der Waals surface area contributed by atoms with Crippen molar-refractivity contribution in [2.45, 2.75) is 35.9 Å². The number of carbonyl (C=O) groups excluding carboxylic acids is 1. The number of amides is 1. The number of ether oxygens (including phenoxy) is 2. The molecule has 2 fully saturated rings. The molecule has 3 aliphatic rings. The summed E-state index contributed by atoms with van der Waals surface area (Å²) in [7, 11) is -2.04. The molecule has 242 valence electrons. The summed E-state index contributed by atoms with van der Waals surface area (Å²) >= 11 is 0. The predicted octanol–water partition coefficient (Wildman–Crippen LogP) is 3.48. The van der Waals surface area contributed by atoms with Crippen molar-refractivity contribution in [2.75, 3.05) is 57.7 Å². The smallest absolute Gasteiger partial charge is 0.490 e. The number of nitrogens with zero attached hydrogens (tertiary/aromatic N) is 4. The first-order valence-corrected chi connectivity index (χ1v) is 16.1. The molecule has 15 heteroatoms. The van der Waals surface area contributed by atoms with Gasteiger partial charge in [0.1, 0.15) is 11.4 Å². The average molecular weight is 651 g/mol. The van der Waals surface area contributed by atoms with Gasteiger partial charge < -0.3 is 19.5 Å². The van der Waals surface area contributed by atoms with Gasteiger partial charge in [-0.25, -0.2) is 17.9 Å². The second kappa shape index (κ2) is 12.4. The van der Waals surface area contributed by atoms with Gasteiger partial charge in [0.25, 0.3) is 5.91 Å². The minimum absolute atomic E-state index is 0.0366. The van der Waals surface area contributed by atoms with E-state index < -0.39 is 22.0 Å². The van der Waals surface area contributed by atoms with Gasteiger partial charge in [0.2, 0.25) is 0 Å². The minimum atomic E-state index is -5.08. The van der Waals surface area contributed by atoms with E-state index in [1.54, 1.807) is 36.3 Å². The van der Waals surface area contributed by atoms with Gasteiger partial charge in [-0.1, -0.05) is 12.1 Å². The molecule has 3 heterocycles. The van der Waals surface area contributed by atoms with Crippen LogP contribution in [-0.4, -0.2) is 99.0 Å². The lowest BCUT2D eigenvalue weighted by Crippen LogP contribution is -2.41. The van der Waals surface area contributed by atoms with E-state index in [2.05, 4.69) is 22.1 Å². The third-order valence-electron chi connectivity index (χ3n) is 8.17. The summed E-state index contributed by atoms with van der Waals surface area (Å²) in [5, 5.41) is 11.5. The fourth-order valence-corrected chi connectivity index (χ4v) is 6.53. The van der Waals surface area contributed by atoms with Gasteiger partial charge in [0.05, 0.1) is 26.0 Å². The number of anilines is 1. The Morgan fingerprint density at radius 3 is 2.11 bits per heavy atom. The van der Waals surface area contributed by atoms with Crippen LogP contribution in [0.4, 0.5) is 18.9 Å². The first kappa shape index (κ1) is 32.4. The summed E-state index contributed by atoms with van der Waals surface area (Å²) in [5.41, 5.74) is 3.66. The number of aliphatic carboxylic acids is 1. The Hall–Kier alpha value is -3.95. The molecule has 0 unspecified atom stereocenters. The molecule has 45 heavy (non-hydrogen) atoms. The summed E-state index contributed by atoms with van der Waals surface area (Å²) in [6, 6.07) is 15.4. The van der Waals surface area contributed by atoms with E-state index in [1.165, 1.54) is 23.1 Å². The topological polar surface area (TPSA) is 131 Å². The highest BCUT2D eigenvalue weighted by Gasteiger charge is 2.45. The molecule has 0 atom stereocenters. The van der Waals surface area contributed by atoms with Gasteiger partial charge in [0.15, 0.2) is 14.9 Å². The van der Waals surface area contributed by atoms with Crippen LogP contribution < -0.4 is 9.64 Å². The molecule has 1 saturated heterocycles. The molecule has 0 spiro atoms. The lowest BCUT2D eigenvalue weighted by atomic mass is 9.94. The number of fused-ring (bicyclic) bond motifs is 1. The van der Waals surface area contributed by atoms with Crippen LogP contribution in [0.15, 0.2) is 53.6 Å². The number of rotatable bonds is 7. The van der Waals surface area contributed by atoms with Crippen molar-refractivity contribution in [2.24, 2.45) is 0 Å². The molecule has 11 nitrogen and oxygen atoms in total. The van der Waals surface area contributed by atoms with E-state index >= 15 is 0 Å². The summed E-state index contributed by atoms with van der Waals surface area (Å²) < 4.78 is 69.1. The Balaban J connectivity index is 0.000000515. The molecule has 1 aliphatic carbocycles. The third-order valence-corrected chi connectivity index (χ3v) is 9.20. The number of morpholine rings is 1. The summed E-state index contributed by atoms with van der Waals surface area (Å²) in [4.78, 5) is 27.0. The van der Waals surface area contributed by atoms with Crippen molar-refractivity contribution in [3.05, 3.63) is 65.4 Å². The Bertz CT molecular complexity index is 1660. The van der Waals surface area contributed by atoms with Gasteiger partial charge in [0, 0.05) is 49.1 Å². The minimum Gasteiger partial charge on any atom is -0.497 e.